The van der Waals surface area contributed by atoms with E-state index in [1.165, 1.54) is 50.6 Å². The minimum atomic E-state index is 0.500. The zero-order valence-corrected chi connectivity index (χ0v) is 11.8. The summed E-state index contributed by atoms with van der Waals surface area (Å²) in [7, 11) is 0. The van der Waals surface area contributed by atoms with Gasteiger partial charge in [-0.2, -0.15) is 0 Å². The molecule has 1 unspecified atom stereocenters. The van der Waals surface area contributed by atoms with Gasteiger partial charge in [0.05, 0.1) is 0 Å². The van der Waals surface area contributed by atoms with Gasteiger partial charge in [0.15, 0.2) is 0 Å². The predicted octanol–water partition coefficient (Wildman–Crippen LogP) is 4.02. The Kier molecular flexibility index (Phi) is 3.19. The van der Waals surface area contributed by atoms with Crippen molar-refractivity contribution < 1.29 is 0 Å². The second-order valence-corrected chi connectivity index (χ2v) is 6.34. The van der Waals surface area contributed by atoms with Crippen molar-refractivity contribution in [3.63, 3.8) is 0 Å². The Hall–Kier alpha value is -0.820. The minimum Gasteiger partial charge on any atom is -0.310 e. The molecule has 1 N–H and O–H groups in total. The van der Waals surface area contributed by atoms with Gasteiger partial charge in [-0.25, -0.2) is 0 Å². The van der Waals surface area contributed by atoms with Crippen LogP contribution in [0.1, 0.15) is 62.3 Å². The highest BCUT2D eigenvalue weighted by Crippen LogP contribution is 2.48. The smallest absolute Gasteiger partial charge is 0.0292 e. The van der Waals surface area contributed by atoms with Gasteiger partial charge >= 0.3 is 0 Å². The number of hydrogen-bond donors (Lipinski definition) is 1. The maximum Gasteiger partial charge on any atom is 0.0292 e. The fraction of sp³-hybridized carbons (Fsp3) is 0.647. The average Bonchev–Trinajstić information content (AvgIpc) is 3.04. The SMILES string of the molecule is CCC1(CNC(C)c2ccc3c(c2)CCC3)CC1. The Bertz CT molecular complexity index is 431. The van der Waals surface area contributed by atoms with E-state index in [1.54, 1.807) is 11.1 Å². The van der Waals surface area contributed by atoms with Crippen LogP contribution in [0.15, 0.2) is 18.2 Å². The maximum atomic E-state index is 3.74. The molecule has 0 heterocycles. The van der Waals surface area contributed by atoms with E-state index in [1.807, 2.05) is 0 Å². The zero-order valence-electron chi connectivity index (χ0n) is 11.8. The third-order valence-electron chi connectivity index (χ3n) is 5.11. The van der Waals surface area contributed by atoms with Crippen molar-refractivity contribution in [2.75, 3.05) is 6.54 Å². The van der Waals surface area contributed by atoms with Gasteiger partial charge in [-0.15, -0.1) is 0 Å². The van der Waals surface area contributed by atoms with Crippen LogP contribution < -0.4 is 5.32 Å². The first-order valence-corrected chi connectivity index (χ1v) is 7.57. The Morgan fingerprint density at radius 1 is 1.22 bits per heavy atom. The first kappa shape index (κ1) is 12.2. The number of fused-ring (bicyclic) bond motifs is 1. The van der Waals surface area contributed by atoms with Crippen LogP contribution in [0.4, 0.5) is 0 Å². The summed E-state index contributed by atoms with van der Waals surface area (Å²) < 4.78 is 0. The van der Waals surface area contributed by atoms with Crippen LogP contribution in [-0.2, 0) is 12.8 Å². The van der Waals surface area contributed by atoms with E-state index in [2.05, 4.69) is 37.4 Å². The average molecular weight is 243 g/mol. The lowest BCUT2D eigenvalue weighted by Gasteiger charge is -2.20. The second kappa shape index (κ2) is 4.70. The summed E-state index contributed by atoms with van der Waals surface area (Å²) in [6, 6.07) is 7.61. The molecule has 3 rings (SSSR count). The molecule has 18 heavy (non-hydrogen) atoms. The quantitative estimate of drug-likeness (QED) is 0.823. The first-order chi connectivity index (χ1) is 8.72. The summed E-state index contributed by atoms with van der Waals surface area (Å²) in [5.74, 6) is 0. The monoisotopic (exact) mass is 243 g/mol. The van der Waals surface area contributed by atoms with Crippen molar-refractivity contribution in [3.8, 4) is 0 Å². The fourth-order valence-corrected chi connectivity index (χ4v) is 3.18. The van der Waals surface area contributed by atoms with Gasteiger partial charge < -0.3 is 5.32 Å². The predicted molar refractivity (Wildman–Crippen MR) is 76.8 cm³/mol. The molecule has 0 amide bonds. The Balaban J connectivity index is 1.63. The van der Waals surface area contributed by atoms with E-state index in [-0.39, 0.29) is 0 Å². The highest BCUT2D eigenvalue weighted by molar-refractivity contribution is 5.36. The molecule has 1 aromatic rings. The molecule has 98 valence electrons. The number of nitrogens with one attached hydrogen (secondary N) is 1. The molecule has 1 fully saturated rings. The van der Waals surface area contributed by atoms with Crippen LogP contribution in [0.5, 0.6) is 0 Å². The molecule has 0 saturated heterocycles. The lowest BCUT2D eigenvalue weighted by Crippen LogP contribution is -2.26. The lowest BCUT2D eigenvalue weighted by molar-refractivity contribution is 0.415. The molecule has 0 bridgehead atoms. The van der Waals surface area contributed by atoms with Gasteiger partial charge in [0.1, 0.15) is 0 Å². The van der Waals surface area contributed by atoms with Crippen molar-refractivity contribution in [3.05, 3.63) is 34.9 Å². The maximum absolute atomic E-state index is 3.74. The third-order valence-corrected chi connectivity index (χ3v) is 5.11. The Labute approximate surface area is 111 Å². The summed E-state index contributed by atoms with van der Waals surface area (Å²) in [6.07, 6.45) is 8.10. The van der Waals surface area contributed by atoms with E-state index in [4.69, 9.17) is 0 Å². The van der Waals surface area contributed by atoms with Crippen LogP contribution in [0.3, 0.4) is 0 Å². The molecule has 0 aromatic heterocycles. The molecule has 1 aromatic carbocycles. The fourth-order valence-electron chi connectivity index (χ4n) is 3.18. The van der Waals surface area contributed by atoms with Gasteiger partial charge in [-0.05, 0) is 67.6 Å². The molecule has 2 aliphatic rings. The van der Waals surface area contributed by atoms with E-state index in [9.17, 15) is 0 Å². The minimum absolute atomic E-state index is 0.500. The van der Waals surface area contributed by atoms with Crippen LogP contribution in [0, 0.1) is 5.41 Å². The number of benzene rings is 1. The molecule has 1 heteroatoms. The van der Waals surface area contributed by atoms with Crippen LogP contribution >= 0.6 is 0 Å². The van der Waals surface area contributed by atoms with E-state index >= 15 is 0 Å². The lowest BCUT2D eigenvalue weighted by atomic mass is 10.00. The van der Waals surface area contributed by atoms with E-state index in [0.717, 1.165) is 0 Å². The molecule has 0 spiro atoms. The van der Waals surface area contributed by atoms with Crippen molar-refractivity contribution in [1.82, 2.24) is 5.32 Å². The molecular weight excluding hydrogens is 218 g/mol. The van der Waals surface area contributed by atoms with Gasteiger partial charge in [0.2, 0.25) is 0 Å². The van der Waals surface area contributed by atoms with Crippen molar-refractivity contribution in [2.24, 2.45) is 5.41 Å². The van der Waals surface area contributed by atoms with Crippen molar-refractivity contribution >= 4 is 0 Å². The third kappa shape index (κ3) is 2.33. The number of aryl methyl sites for hydroxylation is 2. The Morgan fingerprint density at radius 2 is 2.00 bits per heavy atom. The van der Waals surface area contributed by atoms with Crippen LogP contribution in [-0.4, -0.2) is 6.54 Å². The van der Waals surface area contributed by atoms with Crippen molar-refractivity contribution in [2.45, 2.75) is 58.4 Å². The molecule has 0 aliphatic heterocycles. The highest BCUT2D eigenvalue weighted by Gasteiger charge is 2.40. The van der Waals surface area contributed by atoms with Gasteiger partial charge in [-0.3, -0.25) is 0 Å². The van der Waals surface area contributed by atoms with E-state index in [0.29, 0.717) is 11.5 Å². The second-order valence-electron chi connectivity index (χ2n) is 6.34. The summed E-state index contributed by atoms with van der Waals surface area (Å²) in [4.78, 5) is 0. The molecule has 0 radical (unpaired) electrons. The normalized spacial score (nSPS) is 21.7. The molecule has 1 saturated carbocycles. The topological polar surface area (TPSA) is 12.0 Å². The van der Waals surface area contributed by atoms with E-state index < -0.39 is 0 Å². The highest BCUT2D eigenvalue weighted by atomic mass is 14.9. The summed E-state index contributed by atoms with van der Waals surface area (Å²) >= 11 is 0. The van der Waals surface area contributed by atoms with Crippen molar-refractivity contribution in [1.29, 1.82) is 0 Å². The van der Waals surface area contributed by atoms with Gasteiger partial charge in [-0.1, -0.05) is 25.1 Å². The standard InChI is InChI=1S/C17H25N/c1-3-17(9-10-17)12-18-13(2)15-8-7-14-5-4-6-16(14)11-15/h7-8,11,13,18H,3-6,9-10,12H2,1-2H3. The van der Waals surface area contributed by atoms with Crippen LogP contribution in [0.25, 0.3) is 0 Å². The summed E-state index contributed by atoms with van der Waals surface area (Å²) in [6.45, 7) is 5.83. The number of hydrogen-bond acceptors (Lipinski definition) is 1. The molecule has 1 atom stereocenters. The Morgan fingerprint density at radius 3 is 2.72 bits per heavy atom. The summed E-state index contributed by atoms with van der Waals surface area (Å²) in [5.41, 5.74) is 5.30. The largest absolute Gasteiger partial charge is 0.310 e. The van der Waals surface area contributed by atoms with Gasteiger partial charge in [0.25, 0.3) is 0 Å². The molecular formula is C17H25N. The zero-order chi connectivity index (χ0) is 12.6. The summed E-state index contributed by atoms with van der Waals surface area (Å²) in [5, 5.41) is 3.74. The van der Waals surface area contributed by atoms with Gasteiger partial charge in [0, 0.05) is 12.6 Å². The molecule has 1 nitrogen and oxygen atoms in total. The molecule has 2 aliphatic carbocycles. The number of rotatable bonds is 5. The first-order valence-electron chi connectivity index (χ1n) is 7.57. The van der Waals surface area contributed by atoms with Crippen LogP contribution in [0.2, 0.25) is 0 Å².